The van der Waals surface area contributed by atoms with Gasteiger partial charge in [-0.1, -0.05) is 36.4 Å². The number of nitrogens with zero attached hydrogens (tertiary/aromatic N) is 2. The highest BCUT2D eigenvalue weighted by Crippen LogP contribution is 2.18. The summed E-state index contributed by atoms with van der Waals surface area (Å²) >= 11 is 6.03. The van der Waals surface area contributed by atoms with Gasteiger partial charge in [0, 0.05) is 63.6 Å². The minimum absolute atomic E-state index is 0.119. The lowest BCUT2D eigenvalue weighted by molar-refractivity contribution is -0.146. The third kappa shape index (κ3) is 15.3. The maximum absolute atomic E-state index is 12.2. The Bertz CT molecular complexity index is 1180. The summed E-state index contributed by atoms with van der Waals surface area (Å²) in [4.78, 5) is 25.4. The topological polar surface area (TPSA) is 107 Å². The highest BCUT2D eigenvalue weighted by molar-refractivity contribution is 6.18. The van der Waals surface area contributed by atoms with E-state index in [1.165, 1.54) is 11.6 Å². The van der Waals surface area contributed by atoms with Gasteiger partial charge < -0.3 is 28.6 Å². The van der Waals surface area contributed by atoms with Crippen molar-refractivity contribution in [1.82, 2.24) is 0 Å². The van der Waals surface area contributed by atoms with Gasteiger partial charge >= 0.3 is 11.9 Å². The van der Waals surface area contributed by atoms with Crippen LogP contribution in [0.15, 0.2) is 66.8 Å². The lowest BCUT2D eigenvalue weighted by Gasteiger charge is -2.24. The van der Waals surface area contributed by atoms with Crippen LogP contribution in [0.5, 0.6) is 5.75 Å². The van der Waals surface area contributed by atoms with Crippen molar-refractivity contribution >= 4 is 35.3 Å². The zero-order valence-electron chi connectivity index (χ0n) is 24.8. The molecule has 232 valence electrons. The van der Waals surface area contributed by atoms with Crippen molar-refractivity contribution in [3.8, 4) is 11.8 Å². The summed E-state index contributed by atoms with van der Waals surface area (Å²) in [6, 6.07) is 17.3. The number of halogens is 1. The number of aryl methyl sites for hydroxylation is 1. The van der Waals surface area contributed by atoms with E-state index >= 15 is 0 Å². The molecule has 0 bridgehead atoms. The number of hydrogen-bond acceptors (Lipinski definition) is 9. The Morgan fingerprint density at radius 2 is 1.49 bits per heavy atom. The first-order valence-corrected chi connectivity index (χ1v) is 14.8. The maximum atomic E-state index is 12.2. The van der Waals surface area contributed by atoms with Gasteiger partial charge in [-0.3, -0.25) is 0 Å². The van der Waals surface area contributed by atoms with Gasteiger partial charge in [0.1, 0.15) is 30.6 Å². The minimum atomic E-state index is -0.792. The van der Waals surface area contributed by atoms with Crippen molar-refractivity contribution in [3.05, 3.63) is 77.9 Å². The zero-order valence-corrected chi connectivity index (χ0v) is 25.6. The van der Waals surface area contributed by atoms with E-state index in [1.807, 2.05) is 54.6 Å². The fraction of sp³-hybridized carbons (Fsp3) is 0.424. The van der Waals surface area contributed by atoms with Crippen LogP contribution in [0.4, 0.5) is 5.69 Å². The highest BCUT2D eigenvalue weighted by atomic mass is 35.5. The molecule has 0 aliphatic carbocycles. The molecule has 0 aliphatic rings. The van der Waals surface area contributed by atoms with Crippen molar-refractivity contribution in [2.45, 2.75) is 26.2 Å². The van der Waals surface area contributed by atoms with E-state index in [2.05, 4.69) is 18.4 Å². The van der Waals surface area contributed by atoms with E-state index in [4.69, 9.17) is 35.3 Å². The van der Waals surface area contributed by atoms with Crippen LogP contribution < -0.4 is 9.64 Å². The number of benzene rings is 2. The summed E-state index contributed by atoms with van der Waals surface area (Å²) in [7, 11) is 0. The van der Waals surface area contributed by atoms with Gasteiger partial charge in [0.25, 0.3) is 0 Å². The predicted octanol–water partition coefficient (Wildman–Crippen LogP) is 5.50. The summed E-state index contributed by atoms with van der Waals surface area (Å²) in [6.07, 6.45) is 4.97. The Hall–Kier alpha value is -3.84. The monoisotopic (exact) mass is 612 g/mol. The van der Waals surface area contributed by atoms with Crippen molar-refractivity contribution in [1.29, 1.82) is 5.26 Å². The summed E-state index contributed by atoms with van der Waals surface area (Å²) in [5, 5.41) is 9.36. The van der Waals surface area contributed by atoms with E-state index in [0.717, 1.165) is 43.3 Å². The first-order valence-electron chi connectivity index (χ1n) is 14.3. The van der Waals surface area contributed by atoms with Crippen LogP contribution in [0.2, 0.25) is 0 Å². The fourth-order valence-electron chi connectivity index (χ4n) is 3.78. The number of carbonyl (C=O) groups is 2. The zero-order chi connectivity index (χ0) is 31.1. The molecule has 0 aromatic heterocycles. The summed E-state index contributed by atoms with van der Waals surface area (Å²) < 4.78 is 26.9. The third-order valence-electron chi connectivity index (χ3n) is 6.01. The molecular formula is C33H41ClN2O7. The van der Waals surface area contributed by atoms with Crippen molar-refractivity contribution < 1.29 is 33.3 Å². The van der Waals surface area contributed by atoms with E-state index in [9.17, 15) is 14.9 Å². The minimum Gasteiger partial charge on any atom is -0.494 e. The molecule has 0 amide bonds. The van der Waals surface area contributed by atoms with Gasteiger partial charge in [-0.25, -0.2) is 9.59 Å². The average Bonchev–Trinajstić information content (AvgIpc) is 3.02. The number of nitriles is 1. The molecule has 0 fully saturated rings. The highest BCUT2D eigenvalue weighted by Gasteiger charge is 2.12. The SMILES string of the molecule is C=CC(=O)OCCOC(=O)C(C#N)=Cc1ccc(N(CCCl)CCCOCCCOCCCOc2ccc(C)cc2)cc1. The van der Waals surface area contributed by atoms with Crippen LogP contribution in [-0.4, -0.2) is 77.2 Å². The number of esters is 2. The predicted molar refractivity (Wildman–Crippen MR) is 167 cm³/mol. The summed E-state index contributed by atoms with van der Waals surface area (Å²) in [5.74, 6) is -0.0514. The van der Waals surface area contributed by atoms with Gasteiger partial charge in [0.05, 0.1) is 6.61 Å². The molecule has 0 spiro atoms. The van der Waals surface area contributed by atoms with Gasteiger partial charge in [-0.2, -0.15) is 5.26 Å². The third-order valence-corrected chi connectivity index (χ3v) is 6.18. The standard InChI is InChI=1S/C33H41ClN2O7/c1-3-32(37)42-23-24-43-33(38)29(26-35)25-28-9-11-30(12-10-28)36(17-15-34)16-4-18-39-19-5-20-40-21-6-22-41-31-13-7-27(2)8-14-31/h3,7-14,25H,1,4-6,15-24H2,2H3. The molecule has 0 saturated carbocycles. The molecule has 2 rings (SSSR count). The second-order valence-corrected chi connectivity index (χ2v) is 9.77. The van der Waals surface area contributed by atoms with Gasteiger partial charge in [-0.05, 0) is 55.7 Å². The first-order chi connectivity index (χ1) is 21.0. The molecule has 0 N–H and O–H groups in total. The smallest absolute Gasteiger partial charge is 0.349 e. The first kappa shape index (κ1) is 35.4. The van der Waals surface area contributed by atoms with Crippen LogP contribution in [-0.2, 0) is 28.5 Å². The normalized spacial score (nSPS) is 11.0. The van der Waals surface area contributed by atoms with Crippen LogP contribution in [0.1, 0.15) is 30.4 Å². The second-order valence-electron chi connectivity index (χ2n) is 9.39. The number of rotatable bonds is 22. The van der Waals surface area contributed by atoms with Crippen molar-refractivity contribution in [2.75, 3.05) is 70.1 Å². The molecular weight excluding hydrogens is 572 g/mol. The Kier molecular flexibility index (Phi) is 17.9. The summed E-state index contributed by atoms with van der Waals surface area (Å²) in [5.41, 5.74) is 2.70. The quantitative estimate of drug-likeness (QED) is 0.0560. The lowest BCUT2D eigenvalue weighted by Crippen LogP contribution is -2.27. The largest absolute Gasteiger partial charge is 0.494 e. The Labute approximate surface area is 259 Å². The van der Waals surface area contributed by atoms with E-state index < -0.39 is 11.9 Å². The maximum Gasteiger partial charge on any atom is 0.349 e. The molecule has 0 aliphatic heterocycles. The van der Waals surface area contributed by atoms with Crippen LogP contribution in [0.25, 0.3) is 6.08 Å². The van der Waals surface area contributed by atoms with E-state index in [1.54, 1.807) is 0 Å². The Morgan fingerprint density at radius 3 is 2.12 bits per heavy atom. The number of anilines is 1. The van der Waals surface area contributed by atoms with Gasteiger partial charge in [0.2, 0.25) is 0 Å². The second kappa shape index (κ2) is 21.8. The number of hydrogen-bond donors (Lipinski definition) is 0. The van der Waals surface area contributed by atoms with Crippen LogP contribution in [0, 0.1) is 18.3 Å². The molecule has 0 radical (unpaired) electrons. The fourth-order valence-corrected chi connectivity index (χ4v) is 3.98. The number of alkyl halides is 1. The summed E-state index contributed by atoms with van der Waals surface area (Å²) in [6.45, 7) is 9.70. The van der Waals surface area contributed by atoms with Gasteiger partial charge in [-0.15, -0.1) is 11.6 Å². The van der Waals surface area contributed by atoms with Gasteiger partial charge in [0.15, 0.2) is 0 Å². The number of carbonyl (C=O) groups excluding carboxylic acids is 2. The van der Waals surface area contributed by atoms with Crippen molar-refractivity contribution in [3.63, 3.8) is 0 Å². The van der Waals surface area contributed by atoms with Crippen LogP contribution >= 0.6 is 11.6 Å². The molecule has 2 aromatic rings. The molecule has 43 heavy (non-hydrogen) atoms. The molecule has 10 heteroatoms. The molecule has 0 unspecified atom stereocenters. The average molecular weight is 613 g/mol. The number of ether oxygens (including phenoxy) is 5. The lowest BCUT2D eigenvalue weighted by atomic mass is 10.1. The molecule has 0 atom stereocenters. The Morgan fingerprint density at radius 1 is 0.860 bits per heavy atom. The van der Waals surface area contributed by atoms with Crippen LogP contribution in [0.3, 0.4) is 0 Å². The Balaban J connectivity index is 1.63. The van der Waals surface area contributed by atoms with E-state index in [-0.39, 0.29) is 18.8 Å². The molecule has 0 heterocycles. The molecule has 9 nitrogen and oxygen atoms in total. The van der Waals surface area contributed by atoms with Crippen molar-refractivity contribution in [2.24, 2.45) is 0 Å². The molecule has 2 aromatic carbocycles. The van der Waals surface area contributed by atoms with E-state index in [0.29, 0.717) is 51.0 Å². The molecule has 0 saturated heterocycles.